The molecule has 0 saturated heterocycles. The summed E-state index contributed by atoms with van der Waals surface area (Å²) in [4.78, 5) is 0. The van der Waals surface area contributed by atoms with E-state index in [1.54, 1.807) is 12.1 Å². The highest BCUT2D eigenvalue weighted by atomic mass is 16.3. The first-order chi connectivity index (χ1) is 11.3. The van der Waals surface area contributed by atoms with Crippen molar-refractivity contribution in [2.75, 3.05) is 5.01 Å². The summed E-state index contributed by atoms with van der Waals surface area (Å²) in [5.74, 6) is 0.298. The number of benzene rings is 2. The van der Waals surface area contributed by atoms with Crippen molar-refractivity contribution >= 4 is 11.4 Å². The van der Waals surface area contributed by atoms with Gasteiger partial charge in [0.2, 0.25) is 0 Å². The molecule has 0 aliphatic carbocycles. The molecule has 0 fully saturated rings. The predicted octanol–water partition coefficient (Wildman–Crippen LogP) is 5.36. The molecule has 1 aliphatic rings. The summed E-state index contributed by atoms with van der Waals surface area (Å²) in [6.07, 6.45) is 0.904. The fourth-order valence-electron chi connectivity index (χ4n) is 3.21. The fourth-order valence-corrected chi connectivity index (χ4v) is 3.21. The lowest BCUT2D eigenvalue weighted by Gasteiger charge is -2.25. The maximum absolute atomic E-state index is 9.60. The number of hydrogen-bond donors (Lipinski definition) is 1. The summed E-state index contributed by atoms with van der Waals surface area (Å²) in [6.45, 7) is 10.9. The SMILES string of the molecule is Cc1ccc(N2N=C(C(C)(C)C)CC2c2ccc(O)cc2)c(C)c1. The van der Waals surface area contributed by atoms with E-state index in [0.29, 0.717) is 5.75 Å². The third kappa shape index (κ3) is 3.16. The molecule has 1 aliphatic heterocycles. The van der Waals surface area contributed by atoms with Gasteiger partial charge in [-0.3, -0.25) is 5.01 Å². The fraction of sp³-hybridized carbons (Fsp3) is 0.381. The topological polar surface area (TPSA) is 35.8 Å². The Morgan fingerprint density at radius 1 is 1.04 bits per heavy atom. The van der Waals surface area contributed by atoms with Crippen molar-refractivity contribution in [2.24, 2.45) is 10.5 Å². The number of rotatable bonds is 2. The molecular weight excluding hydrogens is 296 g/mol. The van der Waals surface area contributed by atoms with Crippen molar-refractivity contribution in [3.63, 3.8) is 0 Å². The number of aryl methyl sites for hydroxylation is 2. The molecule has 0 bridgehead atoms. The molecule has 0 amide bonds. The molecule has 2 aromatic carbocycles. The summed E-state index contributed by atoms with van der Waals surface area (Å²) in [7, 11) is 0. The normalized spacial score (nSPS) is 18.0. The van der Waals surface area contributed by atoms with Crippen LogP contribution in [-0.2, 0) is 0 Å². The van der Waals surface area contributed by atoms with E-state index < -0.39 is 0 Å². The quantitative estimate of drug-likeness (QED) is 0.807. The van der Waals surface area contributed by atoms with Crippen LogP contribution in [0.2, 0.25) is 0 Å². The molecule has 126 valence electrons. The maximum Gasteiger partial charge on any atom is 0.115 e. The zero-order valence-corrected chi connectivity index (χ0v) is 15.2. The second kappa shape index (κ2) is 5.97. The monoisotopic (exact) mass is 322 g/mol. The lowest BCUT2D eigenvalue weighted by Crippen LogP contribution is -2.20. The van der Waals surface area contributed by atoms with Gasteiger partial charge in [-0.2, -0.15) is 5.10 Å². The van der Waals surface area contributed by atoms with Crippen molar-refractivity contribution in [3.05, 3.63) is 59.2 Å². The first kappa shape index (κ1) is 16.6. The molecule has 1 unspecified atom stereocenters. The minimum absolute atomic E-state index is 0.0442. The van der Waals surface area contributed by atoms with Gasteiger partial charge in [0.15, 0.2) is 0 Å². The Balaban J connectivity index is 2.06. The highest BCUT2D eigenvalue weighted by Crippen LogP contribution is 2.40. The summed E-state index contributed by atoms with van der Waals surface area (Å²) in [6, 6.07) is 14.2. The van der Waals surface area contributed by atoms with Gasteiger partial charge in [-0.15, -0.1) is 0 Å². The van der Waals surface area contributed by atoms with Crippen molar-refractivity contribution in [3.8, 4) is 5.75 Å². The van der Waals surface area contributed by atoms with Gasteiger partial charge < -0.3 is 5.11 Å². The van der Waals surface area contributed by atoms with Crippen LogP contribution in [0.25, 0.3) is 0 Å². The van der Waals surface area contributed by atoms with Gasteiger partial charge in [0, 0.05) is 17.5 Å². The number of phenols is 1. The summed E-state index contributed by atoms with van der Waals surface area (Å²) in [5.41, 5.74) is 6.08. The van der Waals surface area contributed by atoms with Crippen LogP contribution in [0.15, 0.2) is 47.6 Å². The van der Waals surface area contributed by atoms with E-state index in [4.69, 9.17) is 5.10 Å². The van der Waals surface area contributed by atoms with Crippen LogP contribution in [-0.4, -0.2) is 10.8 Å². The Bertz CT molecular complexity index is 769. The van der Waals surface area contributed by atoms with Crippen LogP contribution in [0.5, 0.6) is 5.75 Å². The van der Waals surface area contributed by atoms with Crippen molar-refractivity contribution in [1.82, 2.24) is 0 Å². The first-order valence-corrected chi connectivity index (χ1v) is 8.49. The highest BCUT2D eigenvalue weighted by Gasteiger charge is 2.34. The molecule has 1 heterocycles. The zero-order valence-electron chi connectivity index (χ0n) is 15.2. The van der Waals surface area contributed by atoms with E-state index >= 15 is 0 Å². The van der Waals surface area contributed by atoms with Crippen LogP contribution in [0, 0.1) is 19.3 Å². The van der Waals surface area contributed by atoms with E-state index in [9.17, 15) is 5.11 Å². The number of hydrogen-bond acceptors (Lipinski definition) is 3. The largest absolute Gasteiger partial charge is 0.508 e. The summed E-state index contributed by atoms with van der Waals surface area (Å²) < 4.78 is 0. The Morgan fingerprint density at radius 3 is 2.29 bits per heavy atom. The minimum atomic E-state index is 0.0442. The van der Waals surface area contributed by atoms with Gasteiger partial charge in [-0.1, -0.05) is 50.6 Å². The number of anilines is 1. The van der Waals surface area contributed by atoms with Gasteiger partial charge in [-0.25, -0.2) is 0 Å². The first-order valence-electron chi connectivity index (χ1n) is 8.49. The van der Waals surface area contributed by atoms with Crippen LogP contribution >= 0.6 is 0 Å². The molecule has 3 heteroatoms. The number of hydrazone groups is 1. The van der Waals surface area contributed by atoms with Crippen LogP contribution in [0.4, 0.5) is 5.69 Å². The molecule has 3 nitrogen and oxygen atoms in total. The van der Waals surface area contributed by atoms with Crippen molar-refractivity contribution < 1.29 is 5.11 Å². The Hall–Kier alpha value is -2.29. The number of phenolic OH excluding ortho intramolecular Hbond substituents is 1. The van der Waals surface area contributed by atoms with Gasteiger partial charge in [0.05, 0.1) is 11.7 Å². The van der Waals surface area contributed by atoms with Gasteiger partial charge in [0.1, 0.15) is 5.75 Å². The summed E-state index contributed by atoms with van der Waals surface area (Å²) in [5, 5.41) is 16.7. The predicted molar refractivity (Wildman–Crippen MR) is 101 cm³/mol. The second-order valence-electron chi connectivity index (χ2n) is 7.74. The van der Waals surface area contributed by atoms with Crippen LogP contribution < -0.4 is 5.01 Å². The molecule has 3 rings (SSSR count). The number of aromatic hydroxyl groups is 1. The number of nitrogens with zero attached hydrogens (tertiary/aromatic N) is 2. The van der Waals surface area contributed by atoms with Gasteiger partial charge in [-0.05, 0) is 43.2 Å². The lowest BCUT2D eigenvalue weighted by molar-refractivity contribution is 0.475. The van der Waals surface area contributed by atoms with Crippen molar-refractivity contribution in [1.29, 1.82) is 0 Å². The zero-order chi connectivity index (χ0) is 17.5. The van der Waals surface area contributed by atoms with E-state index in [0.717, 1.165) is 12.1 Å². The standard InChI is InChI=1S/C21H26N2O/c1-14-6-11-18(15(2)12-14)23-19(13-20(22-23)21(3,4)5)16-7-9-17(24)10-8-16/h6-12,19,24H,13H2,1-5H3. The summed E-state index contributed by atoms with van der Waals surface area (Å²) >= 11 is 0. The van der Waals surface area contributed by atoms with Crippen molar-refractivity contribution in [2.45, 2.75) is 47.1 Å². The van der Waals surface area contributed by atoms with Crippen LogP contribution in [0.1, 0.15) is 49.9 Å². The molecule has 2 aromatic rings. The average molecular weight is 322 g/mol. The third-order valence-electron chi connectivity index (χ3n) is 4.65. The molecule has 1 N–H and O–H groups in total. The van der Waals surface area contributed by atoms with E-state index in [1.807, 2.05) is 12.1 Å². The Kier molecular flexibility index (Phi) is 4.12. The Morgan fingerprint density at radius 2 is 1.71 bits per heavy atom. The molecule has 24 heavy (non-hydrogen) atoms. The van der Waals surface area contributed by atoms with E-state index in [-0.39, 0.29) is 11.5 Å². The van der Waals surface area contributed by atoms with Gasteiger partial charge >= 0.3 is 0 Å². The van der Waals surface area contributed by atoms with E-state index in [2.05, 4.69) is 57.8 Å². The lowest BCUT2D eigenvalue weighted by atomic mass is 9.86. The second-order valence-corrected chi connectivity index (χ2v) is 7.74. The smallest absolute Gasteiger partial charge is 0.115 e. The highest BCUT2D eigenvalue weighted by molar-refractivity contribution is 5.93. The third-order valence-corrected chi connectivity index (χ3v) is 4.65. The van der Waals surface area contributed by atoms with Gasteiger partial charge in [0.25, 0.3) is 0 Å². The minimum Gasteiger partial charge on any atom is -0.508 e. The Labute approximate surface area is 144 Å². The average Bonchev–Trinajstić information content (AvgIpc) is 2.93. The molecular formula is C21H26N2O. The molecule has 0 spiro atoms. The molecule has 1 atom stereocenters. The molecule has 0 saturated carbocycles. The van der Waals surface area contributed by atoms with Crippen LogP contribution in [0.3, 0.4) is 0 Å². The van der Waals surface area contributed by atoms with E-state index in [1.165, 1.54) is 22.4 Å². The maximum atomic E-state index is 9.60. The molecule has 0 radical (unpaired) electrons. The molecule has 0 aromatic heterocycles.